The van der Waals surface area contributed by atoms with Gasteiger partial charge in [0.1, 0.15) is 5.69 Å². The van der Waals surface area contributed by atoms with Crippen molar-refractivity contribution in [3.63, 3.8) is 0 Å². The zero-order valence-electron chi connectivity index (χ0n) is 20.4. The average molecular weight is 561 g/mol. The minimum absolute atomic E-state index is 0.0346. The first-order valence-electron chi connectivity index (χ1n) is 11.3. The Bertz CT molecular complexity index is 1350. The van der Waals surface area contributed by atoms with Crippen LogP contribution in [0.2, 0.25) is 5.02 Å². The van der Waals surface area contributed by atoms with E-state index in [1.807, 2.05) is 6.92 Å². The van der Waals surface area contributed by atoms with E-state index in [1.165, 1.54) is 36.4 Å². The van der Waals surface area contributed by atoms with Gasteiger partial charge in [-0.1, -0.05) is 36.7 Å². The van der Waals surface area contributed by atoms with Crippen molar-refractivity contribution in [2.24, 2.45) is 0 Å². The van der Waals surface area contributed by atoms with Gasteiger partial charge in [-0.05, 0) is 49.6 Å². The van der Waals surface area contributed by atoms with E-state index in [2.05, 4.69) is 15.7 Å². The first-order chi connectivity index (χ1) is 17.6. The Kier molecular flexibility index (Phi) is 8.45. The van der Waals surface area contributed by atoms with Crippen molar-refractivity contribution in [1.29, 1.82) is 0 Å². The zero-order chi connectivity index (χ0) is 28.4. The summed E-state index contributed by atoms with van der Waals surface area (Å²) < 4.78 is 79.0. The molecule has 3 rings (SSSR count). The lowest BCUT2D eigenvalue weighted by Crippen LogP contribution is -2.33. The molecule has 13 heteroatoms. The van der Waals surface area contributed by atoms with Crippen molar-refractivity contribution in [2.75, 3.05) is 5.32 Å². The summed E-state index contributed by atoms with van der Waals surface area (Å²) in [7, 11) is 0. The van der Waals surface area contributed by atoms with E-state index in [1.54, 1.807) is 13.8 Å². The molecule has 0 radical (unpaired) electrons. The van der Waals surface area contributed by atoms with Crippen LogP contribution in [0.1, 0.15) is 63.5 Å². The van der Waals surface area contributed by atoms with Crippen LogP contribution in [-0.4, -0.2) is 27.6 Å². The predicted octanol–water partition coefficient (Wildman–Crippen LogP) is 6.71. The van der Waals surface area contributed by atoms with Crippen molar-refractivity contribution in [1.82, 2.24) is 15.1 Å². The third-order valence-electron chi connectivity index (χ3n) is 5.71. The number of benzene rings is 2. The summed E-state index contributed by atoms with van der Waals surface area (Å²) in [6.07, 6.45) is -9.43. The molecule has 0 spiro atoms. The first-order valence-corrected chi connectivity index (χ1v) is 11.7. The van der Waals surface area contributed by atoms with Crippen LogP contribution in [-0.2, 0) is 18.9 Å². The van der Waals surface area contributed by atoms with E-state index < -0.39 is 42.1 Å². The van der Waals surface area contributed by atoms with E-state index in [-0.39, 0.29) is 44.2 Å². The second-order valence-electron chi connectivity index (χ2n) is 8.62. The first kappa shape index (κ1) is 29.0. The highest BCUT2D eigenvalue weighted by molar-refractivity contribution is 6.35. The molecular formula is C25H23ClF6N4O2. The van der Waals surface area contributed by atoms with Gasteiger partial charge in [-0.15, -0.1) is 0 Å². The van der Waals surface area contributed by atoms with Gasteiger partial charge in [0.15, 0.2) is 5.69 Å². The lowest BCUT2D eigenvalue weighted by Gasteiger charge is -2.16. The summed E-state index contributed by atoms with van der Waals surface area (Å²) in [6, 6.07) is 8.39. The molecule has 6 nitrogen and oxygen atoms in total. The predicted molar refractivity (Wildman–Crippen MR) is 129 cm³/mol. The Labute approximate surface area is 219 Å². The van der Waals surface area contributed by atoms with Crippen molar-refractivity contribution in [3.8, 4) is 0 Å². The van der Waals surface area contributed by atoms with Crippen molar-refractivity contribution in [2.45, 2.75) is 52.1 Å². The fourth-order valence-corrected chi connectivity index (χ4v) is 3.83. The maximum atomic E-state index is 13.3. The summed E-state index contributed by atoms with van der Waals surface area (Å²) in [4.78, 5) is 25.8. The third-order valence-corrected chi connectivity index (χ3v) is 6.02. The van der Waals surface area contributed by atoms with Crippen LogP contribution in [0.4, 0.5) is 32.0 Å². The molecule has 0 fully saturated rings. The van der Waals surface area contributed by atoms with E-state index in [9.17, 15) is 35.9 Å². The van der Waals surface area contributed by atoms with Gasteiger partial charge >= 0.3 is 12.4 Å². The van der Waals surface area contributed by atoms with E-state index in [0.29, 0.717) is 12.0 Å². The maximum absolute atomic E-state index is 13.3. The van der Waals surface area contributed by atoms with Crippen molar-refractivity contribution in [3.05, 3.63) is 81.1 Å². The monoisotopic (exact) mass is 560 g/mol. The molecule has 3 aromatic rings. The fourth-order valence-electron chi connectivity index (χ4n) is 3.57. The van der Waals surface area contributed by atoms with Crippen LogP contribution in [0.15, 0.2) is 42.5 Å². The van der Waals surface area contributed by atoms with Crippen LogP contribution in [0, 0.1) is 6.92 Å². The van der Waals surface area contributed by atoms with Gasteiger partial charge in [-0.25, -0.2) is 0 Å². The molecule has 204 valence electrons. The molecular weight excluding hydrogens is 538 g/mol. The highest BCUT2D eigenvalue weighted by Crippen LogP contribution is 2.35. The number of halogens is 7. The highest BCUT2D eigenvalue weighted by atomic mass is 35.5. The Morgan fingerprint density at radius 3 is 2.29 bits per heavy atom. The SMILES string of the molecule is CCC(C)NC(=O)c1cccc(Cl)c1C(=O)Nc1ccc(Cn2nc(C(F)(F)F)cc2C(F)(F)F)cc1C. The van der Waals surface area contributed by atoms with Crippen LogP contribution < -0.4 is 10.6 Å². The topological polar surface area (TPSA) is 76.0 Å². The molecule has 0 aliphatic carbocycles. The number of carbonyl (C=O) groups excluding carboxylic acids is 2. The Hall–Kier alpha value is -3.54. The van der Waals surface area contributed by atoms with Gasteiger partial charge in [0, 0.05) is 17.8 Å². The number of rotatable bonds is 7. The molecule has 0 saturated heterocycles. The molecule has 0 saturated carbocycles. The lowest BCUT2D eigenvalue weighted by atomic mass is 10.0. The van der Waals surface area contributed by atoms with Crippen LogP contribution in [0.3, 0.4) is 0 Å². The lowest BCUT2D eigenvalue weighted by molar-refractivity contribution is -0.144. The number of aryl methyl sites for hydroxylation is 1. The molecule has 1 heterocycles. The zero-order valence-corrected chi connectivity index (χ0v) is 21.1. The van der Waals surface area contributed by atoms with Gasteiger partial charge in [-0.3, -0.25) is 14.3 Å². The molecule has 2 aromatic carbocycles. The van der Waals surface area contributed by atoms with Gasteiger partial charge in [0.2, 0.25) is 0 Å². The number of anilines is 1. The largest absolute Gasteiger partial charge is 0.435 e. The Morgan fingerprint density at radius 1 is 1.03 bits per heavy atom. The van der Waals surface area contributed by atoms with Gasteiger partial charge < -0.3 is 10.6 Å². The number of amides is 2. The van der Waals surface area contributed by atoms with Crippen molar-refractivity contribution >= 4 is 29.1 Å². The van der Waals surface area contributed by atoms with Crippen LogP contribution in [0.25, 0.3) is 0 Å². The number of hydrogen-bond acceptors (Lipinski definition) is 3. The number of carbonyl (C=O) groups is 2. The normalized spacial score (nSPS) is 12.8. The molecule has 0 aliphatic heterocycles. The van der Waals surface area contributed by atoms with Crippen LogP contribution in [0.5, 0.6) is 0 Å². The number of nitrogens with zero attached hydrogens (tertiary/aromatic N) is 2. The molecule has 38 heavy (non-hydrogen) atoms. The molecule has 2 amide bonds. The summed E-state index contributed by atoms with van der Waals surface area (Å²) in [5.41, 5.74) is -2.31. The number of alkyl halides is 6. The summed E-state index contributed by atoms with van der Waals surface area (Å²) in [5, 5.41) is 8.52. The van der Waals surface area contributed by atoms with Gasteiger partial charge in [0.05, 0.1) is 22.7 Å². The molecule has 1 aromatic heterocycles. The Balaban J connectivity index is 1.86. The van der Waals surface area contributed by atoms with E-state index >= 15 is 0 Å². The van der Waals surface area contributed by atoms with E-state index in [4.69, 9.17) is 11.6 Å². The summed E-state index contributed by atoms with van der Waals surface area (Å²) in [5.74, 6) is -1.18. The molecule has 2 N–H and O–H groups in total. The highest BCUT2D eigenvalue weighted by Gasteiger charge is 2.41. The standard InChI is InChI=1S/C25H23ClF6N4O2/c1-4-14(3)33-22(37)16-6-5-7-17(26)21(16)23(38)34-18-9-8-15(10-13(18)2)12-36-20(25(30,31)32)11-19(35-36)24(27,28)29/h5-11,14H,4,12H2,1-3H3,(H,33,37)(H,34,38). The second-order valence-corrected chi connectivity index (χ2v) is 9.02. The number of hydrogen-bond donors (Lipinski definition) is 2. The van der Waals surface area contributed by atoms with Crippen molar-refractivity contribution < 1.29 is 35.9 Å². The quantitative estimate of drug-likeness (QED) is 0.315. The summed E-state index contributed by atoms with van der Waals surface area (Å²) >= 11 is 6.22. The average Bonchev–Trinajstić information content (AvgIpc) is 3.25. The molecule has 1 atom stereocenters. The fraction of sp³-hybridized carbons (Fsp3) is 0.320. The maximum Gasteiger partial charge on any atom is 0.435 e. The Morgan fingerprint density at radius 2 is 1.71 bits per heavy atom. The molecule has 0 aliphatic rings. The minimum atomic E-state index is -5.05. The van der Waals surface area contributed by atoms with Gasteiger partial charge in [0.25, 0.3) is 11.8 Å². The van der Waals surface area contributed by atoms with Crippen LogP contribution >= 0.6 is 11.6 Å². The summed E-state index contributed by atoms with van der Waals surface area (Å²) in [6.45, 7) is 4.65. The number of nitrogens with one attached hydrogen (secondary N) is 2. The number of aromatic nitrogens is 2. The third kappa shape index (κ3) is 6.66. The molecule has 0 bridgehead atoms. The smallest absolute Gasteiger partial charge is 0.350 e. The second kappa shape index (κ2) is 11.1. The van der Waals surface area contributed by atoms with E-state index in [0.717, 1.165) is 0 Å². The molecule has 1 unspecified atom stereocenters. The van der Waals surface area contributed by atoms with Gasteiger partial charge in [-0.2, -0.15) is 31.4 Å². The minimum Gasteiger partial charge on any atom is -0.350 e.